The zero-order chi connectivity index (χ0) is 14.5. The van der Waals surface area contributed by atoms with E-state index >= 15 is 0 Å². The van der Waals surface area contributed by atoms with E-state index in [1.807, 2.05) is 26.0 Å². The van der Waals surface area contributed by atoms with Crippen LogP contribution in [-0.2, 0) is 6.42 Å². The summed E-state index contributed by atoms with van der Waals surface area (Å²) in [7, 11) is 0. The maximum absolute atomic E-state index is 6.13. The number of aromatic nitrogens is 3. The highest BCUT2D eigenvalue weighted by Crippen LogP contribution is 2.24. The third-order valence-corrected chi connectivity index (χ3v) is 3.17. The van der Waals surface area contributed by atoms with Crippen molar-refractivity contribution in [1.82, 2.24) is 14.9 Å². The van der Waals surface area contributed by atoms with Gasteiger partial charge in [0.1, 0.15) is 5.75 Å². The molecular weight excluding hydrogens is 296 g/mol. The monoisotopic (exact) mass is 310 g/mol. The van der Waals surface area contributed by atoms with Crippen molar-refractivity contribution in [2.45, 2.75) is 20.3 Å². The Kier molecular flexibility index (Phi) is 4.92. The second-order valence-electron chi connectivity index (χ2n) is 3.98. The minimum atomic E-state index is 0.468. The van der Waals surface area contributed by atoms with Crippen LogP contribution >= 0.6 is 23.8 Å². The largest absolute Gasteiger partial charge is 0.492 e. The number of benzene rings is 1. The molecule has 2 aromatic rings. The first-order valence-corrected chi connectivity index (χ1v) is 7.07. The Bertz CT molecular complexity index is 677. The number of hydrogen-bond acceptors (Lipinski definition) is 4. The lowest BCUT2D eigenvalue weighted by atomic mass is 10.2. The number of rotatable bonds is 5. The number of aryl methyl sites for hydroxylation is 1. The molecule has 0 bridgehead atoms. The van der Waals surface area contributed by atoms with E-state index in [2.05, 4.69) is 15.3 Å². The number of nitrogens with one attached hydrogen (secondary N) is 1. The highest BCUT2D eigenvalue weighted by atomic mass is 35.5. The van der Waals surface area contributed by atoms with Crippen LogP contribution < -0.4 is 4.74 Å². The van der Waals surface area contributed by atoms with Crippen LogP contribution in [-0.4, -0.2) is 27.7 Å². The lowest BCUT2D eigenvalue weighted by Gasteiger charge is -2.05. The van der Waals surface area contributed by atoms with E-state index in [4.69, 9.17) is 28.6 Å². The van der Waals surface area contributed by atoms with Gasteiger partial charge in [-0.2, -0.15) is 14.9 Å². The normalized spacial score (nSPS) is 11.2. The van der Waals surface area contributed by atoms with E-state index in [0.717, 1.165) is 17.8 Å². The summed E-state index contributed by atoms with van der Waals surface area (Å²) in [4.78, 5) is 0. The Hall–Kier alpha value is -1.66. The summed E-state index contributed by atoms with van der Waals surface area (Å²) < 4.78 is 7.45. The average molecular weight is 311 g/mol. The minimum absolute atomic E-state index is 0.468. The number of hydrogen-bond donors (Lipinski definition) is 1. The number of halogens is 1. The predicted molar refractivity (Wildman–Crippen MR) is 82.4 cm³/mol. The Morgan fingerprint density at radius 1 is 1.50 bits per heavy atom. The molecule has 106 valence electrons. The van der Waals surface area contributed by atoms with Gasteiger partial charge >= 0.3 is 0 Å². The molecule has 0 fully saturated rings. The zero-order valence-electron chi connectivity index (χ0n) is 11.3. The minimum Gasteiger partial charge on any atom is -0.492 e. The fourth-order valence-electron chi connectivity index (χ4n) is 1.67. The molecule has 2 rings (SSSR count). The summed E-state index contributed by atoms with van der Waals surface area (Å²) in [5.41, 5.74) is 0.864. The van der Waals surface area contributed by atoms with Crippen molar-refractivity contribution in [2.75, 3.05) is 6.61 Å². The van der Waals surface area contributed by atoms with Crippen LogP contribution in [0.4, 0.5) is 0 Å². The number of nitrogens with zero attached hydrogens (tertiary/aromatic N) is 3. The molecule has 0 aliphatic carbocycles. The molecule has 0 spiro atoms. The lowest BCUT2D eigenvalue weighted by molar-refractivity contribution is 0.340. The summed E-state index contributed by atoms with van der Waals surface area (Å²) in [6.07, 6.45) is 2.43. The summed E-state index contributed by atoms with van der Waals surface area (Å²) in [5.74, 6) is 1.45. The van der Waals surface area contributed by atoms with E-state index in [-0.39, 0.29) is 0 Å². The van der Waals surface area contributed by atoms with Crippen molar-refractivity contribution >= 4 is 30.0 Å². The van der Waals surface area contributed by atoms with Crippen molar-refractivity contribution in [2.24, 2.45) is 5.10 Å². The summed E-state index contributed by atoms with van der Waals surface area (Å²) in [6.45, 7) is 4.49. The van der Waals surface area contributed by atoms with E-state index in [1.165, 1.54) is 0 Å². The van der Waals surface area contributed by atoms with Gasteiger partial charge < -0.3 is 4.74 Å². The first-order valence-electron chi connectivity index (χ1n) is 6.28. The van der Waals surface area contributed by atoms with Gasteiger partial charge in [-0.25, -0.2) is 0 Å². The quantitative estimate of drug-likeness (QED) is 0.680. The average Bonchev–Trinajstić information content (AvgIpc) is 2.80. The molecule has 20 heavy (non-hydrogen) atoms. The summed E-state index contributed by atoms with van der Waals surface area (Å²) in [6, 6.07) is 5.50. The first kappa shape index (κ1) is 14.7. The fraction of sp³-hybridized carbons (Fsp3) is 0.308. The smallest absolute Gasteiger partial charge is 0.216 e. The topological polar surface area (TPSA) is 55.2 Å². The van der Waals surface area contributed by atoms with Crippen LogP contribution in [0.5, 0.6) is 5.75 Å². The SMILES string of the molecule is CCOc1ccc(/C=N\n2c(CC)n[nH]c2=S)cc1Cl. The number of ether oxygens (including phenoxy) is 1. The molecule has 1 aromatic carbocycles. The highest BCUT2D eigenvalue weighted by molar-refractivity contribution is 7.71. The van der Waals surface area contributed by atoms with Gasteiger partial charge in [-0.05, 0) is 42.9 Å². The van der Waals surface area contributed by atoms with Crippen molar-refractivity contribution in [1.29, 1.82) is 0 Å². The molecule has 1 N–H and O–H groups in total. The Balaban J connectivity index is 2.25. The van der Waals surface area contributed by atoms with Crippen molar-refractivity contribution < 1.29 is 4.74 Å². The second-order valence-corrected chi connectivity index (χ2v) is 4.77. The predicted octanol–water partition coefficient (Wildman–Crippen LogP) is 3.44. The Morgan fingerprint density at radius 2 is 2.30 bits per heavy atom. The zero-order valence-corrected chi connectivity index (χ0v) is 12.8. The van der Waals surface area contributed by atoms with Gasteiger partial charge in [-0.3, -0.25) is 5.10 Å². The first-order chi connectivity index (χ1) is 9.65. The Morgan fingerprint density at radius 3 is 2.95 bits per heavy atom. The van der Waals surface area contributed by atoms with Crippen LogP contribution in [0.3, 0.4) is 0 Å². The number of H-pyrrole nitrogens is 1. The van der Waals surface area contributed by atoms with Gasteiger partial charge in [0.25, 0.3) is 0 Å². The maximum atomic E-state index is 6.13. The van der Waals surface area contributed by atoms with Crippen molar-refractivity contribution in [3.05, 3.63) is 39.4 Å². The molecule has 0 atom stereocenters. The molecule has 0 amide bonds. The lowest BCUT2D eigenvalue weighted by Crippen LogP contribution is -1.97. The van der Waals surface area contributed by atoms with Gasteiger partial charge in [-0.15, -0.1) is 0 Å². The third-order valence-electron chi connectivity index (χ3n) is 2.61. The van der Waals surface area contributed by atoms with E-state index in [9.17, 15) is 0 Å². The molecule has 0 aliphatic heterocycles. The van der Waals surface area contributed by atoms with Gasteiger partial charge in [-0.1, -0.05) is 18.5 Å². The molecule has 1 aromatic heterocycles. The van der Waals surface area contributed by atoms with Crippen LogP contribution in [0.2, 0.25) is 5.02 Å². The van der Waals surface area contributed by atoms with Crippen LogP contribution in [0.1, 0.15) is 25.2 Å². The molecule has 0 radical (unpaired) electrons. The van der Waals surface area contributed by atoms with Gasteiger partial charge in [0.05, 0.1) is 17.8 Å². The number of aromatic amines is 1. The molecule has 7 heteroatoms. The maximum Gasteiger partial charge on any atom is 0.216 e. The third kappa shape index (κ3) is 3.26. The molecule has 0 saturated heterocycles. The van der Waals surface area contributed by atoms with E-state index < -0.39 is 0 Å². The molecule has 0 unspecified atom stereocenters. The molecular formula is C13H15ClN4OS. The van der Waals surface area contributed by atoms with Crippen LogP contribution in [0.15, 0.2) is 23.3 Å². The van der Waals surface area contributed by atoms with Crippen LogP contribution in [0, 0.1) is 4.77 Å². The highest BCUT2D eigenvalue weighted by Gasteiger charge is 2.03. The van der Waals surface area contributed by atoms with Gasteiger partial charge in [0.2, 0.25) is 4.77 Å². The molecule has 1 heterocycles. The van der Waals surface area contributed by atoms with E-state index in [1.54, 1.807) is 17.0 Å². The van der Waals surface area contributed by atoms with Crippen LogP contribution in [0.25, 0.3) is 0 Å². The summed E-state index contributed by atoms with van der Waals surface area (Å²) >= 11 is 11.2. The molecule has 5 nitrogen and oxygen atoms in total. The van der Waals surface area contributed by atoms with Crippen molar-refractivity contribution in [3.63, 3.8) is 0 Å². The van der Waals surface area contributed by atoms with Gasteiger partial charge in [0, 0.05) is 6.42 Å². The fourth-order valence-corrected chi connectivity index (χ4v) is 2.11. The van der Waals surface area contributed by atoms with Crippen molar-refractivity contribution in [3.8, 4) is 5.75 Å². The second kappa shape index (κ2) is 6.67. The van der Waals surface area contributed by atoms with E-state index in [0.29, 0.717) is 22.2 Å². The standard InChI is InChI=1S/C13H15ClN4OS/c1-3-12-16-17-13(20)18(12)15-8-9-5-6-11(19-4-2)10(14)7-9/h5-8H,3-4H2,1-2H3,(H,17,20)/b15-8-. The molecule has 0 aliphatic rings. The van der Waals surface area contributed by atoms with Gasteiger partial charge in [0.15, 0.2) is 5.82 Å². The summed E-state index contributed by atoms with van der Waals surface area (Å²) in [5, 5.41) is 11.7. The molecule has 0 saturated carbocycles. The Labute approximate surface area is 127 Å².